The van der Waals surface area contributed by atoms with Gasteiger partial charge < -0.3 is 5.32 Å². The third-order valence-corrected chi connectivity index (χ3v) is 4.69. The van der Waals surface area contributed by atoms with Crippen LogP contribution in [-0.4, -0.2) is 28.3 Å². The molecular weight excluding hydrogens is 276 g/mol. The van der Waals surface area contributed by atoms with E-state index >= 15 is 0 Å². The second-order valence-corrected chi connectivity index (χ2v) is 6.26. The van der Waals surface area contributed by atoms with Gasteiger partial charge in [0.05, 0.1) is 6.67 Å². The smallest absolute Gasteiger partial charge is 0.204 e. The van der Waals surface area contributed by atoms with Gasteiger partial charge in [0.15, 0.2) is 3.95 Å². The summed E-state index contributed by atoms with van der Waals surface area (Å²) < 4.78 is 2.72. The Morgan fingerprint density at radius 3 is 2.89 bits per heavy atom. The molecule has 0 amide bonds. The fourth-order valence-electron chi connectivity index (χ4n) is 2.36. The molecule has 1 aliphatic rings. The molecule has 0 unspecified atom stereocenters. The molecule has 1 N–H and O–H groups in total. The largest absolute Gasteiger partial charge is 0.363 e. The molecule has 1 aliphatic heterocycles. The molecule has 19 heavy (non-hydrogen) atoms. The first-order valence-electron chi connectivity index (χ1n) is 6.31. The predicted molar refractivity (Wildman–Crippen MR) is 81.0 cm³/mol. The van der Waals surface area contributed by atoms with Crippen LogP contribution < -0.4 is 5.32 Å². The lowest BCUT2D eigenvalue weighted by atomic mass is 10.0. The Morgan fingerprint density at radius 1 is 1.37 bits per heavy atom. The molecule has 2 aromatic rings. The SMILES string of the molecule is CNc1nn(CN2CCc3ccccc3C2)c(=S)s1. The topological polar surface area (TPSA) is 33.1 Å². The Bertz CT molecular complexity index is 632. The van der Waals surface area contributed by atoms with Gasteiger partial charge in [-0.15, -0.1) is 5.10 Å². The van der Waals surface area contributed by atoms with E-state index in [0.717, 1.165) is 35.3 Å². The molecule has 2 heterocycles. The van der Waals surface area contributed by atoms with Crippen LogP contribution in [0.5, 0.6) is 0 Å². The van der Waals surface area contributed by atoms with E-state index in [4.69, 9.17) is 12.2 Å². The molecule has 0 fully saturated rings. The van der Waals surface area contributed by atoms with E-state index in [-0.39, 0.29) is 0 Å². The van der Waals surface area contributed by atoms with Crippen molar-refractivity contribution in [3.8, 4) is 0 Å². The van der Waals surface area contributed by atoms with Gasteiger partial charge in [0.1, 0.15) is 0 Å². The summed E-state index contributed by atoms with van der Waals surface area (Å²) in [7, 11) is 1.87. The minimum atomic E-state index is 0.769. The number of nitrogens with one attached hydrogen (secondary N) is 1. The Labute approximate surface area is 121 Å². The van der Waals surface area contributed by atoms with Crippen LogP contribution in [0.3, 0.4) is 0 Å². The van der Waals surface area contributed by atoms with Crippen LogP contribution in [0.2, 0.25) is 0 Å². The van der Waals surface area contributed by atoms with E-state index in [2.05, 4.69) is 39.6 Å². The van der Waals surface area contributed by atoms with Gasteiger partial charge in [-0.1, -0.05) is 35.6 Å². The average Bonchev–Trinajstić information content (AvgIpc) is 2.79. The highest BCUT2D eigenvalue weighted by molar-refractivity contribution is 7.73. The van der Waals surface area contributed by atoms with E-state index in [1.165, 1.54) is 22.5 Å². The fraction of sp³-hybridized carbons (Fsp3) is 0.385. The summed E-state index contributed by atoms with van der Waals surface area (Å²) in [4.78, 5) is 2.39. The van der Waals surface area contributed by atoms with Crippen molar-refractivity contribution >= 4 is 28.7 Å². The molecule has 4 nitrogen and oxygen atoms in total. The molecule has 0 bridgehead atoms. The van der Waals surface area contributed by atoms with Crippen LogP contribution in [0.4, 0.5) is 5.13 Å². The number of benzene rings is 1. The maximum atomic E-state index is 5.34. The van der Waals surface area contributed by atoms with Crippen LogP contribution in [0.1, 0.15) is 11.1 Å². The molecule has 1 aromatic carbocycles. The Balaban J connectivity index is 1.75. The highest BCUT2D eigenvalue weighted by Gasteiger charge is 2.16. The number of rotatable bonds is 3. The summed E-state index contributed by atoms with van der Waals surface area (Å²) in [6.45, 7) is 2.81. The summed E-state index contributed by atoms with van der Waals surface area (Å²) >= 11 is 6.86. The van der Waals surface area contributed by atoms with Crippen molar-refractivity contribution in [3.63, 3.8) is 0 Å². The zero-order chi connectivity index (χ0) is 13.2. The molecule has 0 saturated carbocycles. The zero-order valence-corrected chi connectivity index (χ0v) is 12.4. The minimum Gasteiger partial charge on any atom is -0.363 e. The van der Waals surface area contributed by atoms with Crippen molar-refractivity contribution in [1.82, 2.24) is 14.7 Å². The third-order valence-electron chi connectivity index (χ3n) is 3.36. The normalized spacial score (nSPS) is 15.2. The average molecular weight is 292 g/mol. The second-order valence-electron chi connectivity index (χ2n) is 4.64. The lowest BCUT2D eigenvalue weighted by molar-refractivity contribution is 0.189. The summed E-state index contributed by atoms with van der Waals surface area (Å²) in [5, 5.41) is 8.38. The highest BCUT2D eigenvalue weighted by atomic mass is 32.1. The molecule has 3 rings (SSSR count). The lowest BCUT2D eigenvalue weighted by Crippen LogP contribution is -2.32. The summed E-state index contributed by atoms with van der Waals surface area (Å²) in [5.41, 5.74) is 2.89. The third kappa shape index (κ3) is 2.70. The zero-order valence-electron chi connectivity index (χ0n) is 10.8. The van der Waals surface area contributed by atoms with E-state index in [1.54, 1.807) is 0 Å². The summed E-state index contributed by atoms with van der Waals surface area (Å²) in [5.74, 6) is 0. The molecular formula is C13H16N4S2. The first kappa shape index (κ1) is 12.8. The standard InChI is InChI=1S/C13H16N4S2/c1-14-12-15-17(13(18)19-12)9-16-7-6-10-4-2-3-5-11(10)8-16/h2-5H,6-9H2,1H3,(H,14,15). The van der Waals surface area contributed by atoms with Gasteiger partial charge in [-0.25, -0.2) is 4.68 Å². The Kier molecular flexibility index (Phi) is 3.63. The number of fused-ring (bicyclic) bond motifs is 1. The number of hydrogen-bond donors (Lipinski definition) is 1. The van der Waals surface area contributed by atoms with Crippen molar-refractivity contribution in [1.29, 1.82) is 0 Å². The number of anilines is 1. The lowest BCUT2D eigenvalue weighted by Gasteiger charge is -2.28. The Hall–Kier alpha value is -1.24. The van der Waals surface area contributed by atoms with Crippen LogP contribution >= 0.6 is 23.6 Å². The van der Waals surface area contributed by atoms with Crippen LogP contribution in [0, 0.1) is 3.95 Å². The van der Waals surface area contributed by atoms with Gasteiger partial charge >= 0.3 is 0 Å². The molecule has 0 atom stereocenters. The van der Waals surface area contributed by atoms with Gasteiger partial charge in [-0.05, 0) is 29.8 Å². The summed E-state index contributed by atoms with van der Waals surface area (Å²) in [6.07, 6.45) is 1.10. The fourth-order valence-corrected chi connectivity index (χ4v) is 3.31. The van der Waals surface area contributed by atoms with Crippen molar-refractivity contribution < 1.29 is 0 Å². The molecule has 0 aliphatic carbocycles. The number of nitrogens with zero attached hydrogens (tertiary/aromatic N) is 3. The van der Waals surface area contributed by atoms with E-state index in [0.29, 0.717) is 0 Å². The quantitative estimate of drug-likeness (QED) is 0.882. The van der Waals surface area contributed by atoms with E-state index in [9.17, 15) is 0 Å². The molecule has 0 radical (unpaired) electrons. The van der Waals surface area contributed by atoms with Crippen LogP contribution in [-0.2, 0) is 19.6 Å². The van der Waals surface area contributed by atoms with Crippen molar-refractivity contribution in [2.24, 2.45) is 0 Å². The first-order chi connectivity index (χ1) is 9.26. The van der Waals surface area contributed by atoms with Crippen molar-refractivity contribution in [2.45, 2.75) is 19.6 Å². The van der Waals surface area contributed by atoms with Crippen molar-refractivity contribution in [3.05, 3.63) is 39.3 Å². The second kappa shape index (κ2) is 5.40. The number of aromatic nitrogens is 2. The Morgan fingerprint density at radius 2 is 2.16 bits per heavy atom. The van der Waals surface area contributed by atoms with Gasteiger partial charge in [0.25, 0.3) is 0 Å². The van der Waals surface area contributed by atoms with E-state index in [1.807, 2.05) is 11.7 Å². The molecule has 1 aromatic heterocycles. The van der Waals surface area contributed by atoms with Gasteiger partial charge in [0.2, 0.25) is 5.13 Å². The highest BCUT2D eigenvalue weighted by Crippen LogP contribution is 2.20. The first-order valence-corrected chi connectivity index (χ1v) is 7.53. The van der Waals surface area contributed by atoms with Crippen molar-refractivity contribution in [2.75, 3.05) is 18.9 Å². The molecule has 100 valence electrons. The molecule has 0 spiro atoms. The summed E-state index contributed by atoms with van der Waals surface area (Å²) in [6, 6.07) is 8.65. The minimum absolute atomic E-state index is 0.769. The van der Waals surface area contributed by atoms with Gasteiger partial charge in [-0.2, -0.15) is 0 Å². The maximum absolute atomic E-state index is 5.34. The van der Waals surface area contributed by atoms with Crippen LogP contribution in [0.25, 0.3) is 0 Å². The van der Waals surface area contributed by atoms with Crippen LogP contribution in [0.15, 0.2) is 24.3 Å². The monoisotopic (exact) mass is 292 g/mol. The maximum Gasteiger partial charge on any atom is 0.204 e. The van der Waals surface area contributed by atoms with Gasteiger partial charge in [0, 0.05) is 20.1 Å². The predicted octanol–water partition coefficient (Wildman–Crippen LogP) is 2.73. The molecule has 6 heteroatoms. The van der Waals surface area contributed by atoms with E-state index < -0.39 is 0 Å². The molecule has 0 saturated heterocycles. The number of hydrogen-bond acceptors (Lipinski definition) is 5. The van der Waals surface area contributed by atoms with Gasteiger partial charge in [-0.3, -0.25) is 4.90 Å².